The molecule has 10 heteroatoms. The highest BCUT2D eigenvalue weighted by Crippen LogP contribution is 2.40. The van der Waals surface area contributed by atoms with Crippen molar-refractivity contribution in [2.45, 2.75) is 36.6 Å². The molecule has 1 aromatic carbocycles. The van der Waals surface area contributed by atoms with Gasteiger partial charge in [-0.25, -0.2) is 0 Å². The van der Waals surface area contributed by atoms with E-state index in [2.05, 4.69) is 11.4 Å². The number of piperidine rings is 1. The van der Waals surface area contributed by atoms with Gasteiger partial charge in [-0.15, -0.1) is 11.8 Å². The van der Waals surface area contributed by atoms with E-state index in [-0.39, 0.29) is 29.0 Å². The van der Waals surface area contributed by atoms with Crippen LogP contribution in [0, 0.1) is 23.2 Å². The van der Waals surface area contributed by atoms with Crippen LogP contribution in [0.1, 0.15) is 28.8 Å². The number of fused-ring (bicyclic) bond motifs is 2. The lowest BCUT2D eigenvalue weighted by atomic mass is 9.76. The van der Waals surface area contributed by atoms with E-state index in [4.69, 9.17) is 5.73 Å². The number of ketones is 2. The van der Waals surface area contributed by atoms with E-state index < -0.39 is 29.4 Å². The molecule has 0 aromatic heterocycles. The number of nitrogens with two attached hydrogens (primary N) is 1. The van der Waals surface area contributed by atoms with Crippen molar-refractivity contribution < 1.29 is 22.8 Å². The van der Waals surface area contributed by atoms with Gasteiger partial charge in [-0.1, -0.05) is 12.1 Å². The van der Waals surface area contributed by atoms with Gasteiger partial charge in [0.1, 0.15) is 0 Å². The molecule has 1 unspecified atom stereocenters. The lowest BCUT2D eigenvalue weighted by Crippen LogP contribution is -2.60. The van der Waals surface area contributed by atoms with E-state index in [0.717, 1.165) is 18.6 Å². The summed E-state index contributed by atoms with van der Waals surface area (Å²) in [6.45, 7) is 1.13. The van der Waals surface area contributed by atoms with Gasteiger partial charge in [0.25, 0.3) is 0 Å². The van der Waals surface area contributed by atoms with E-state index in [1.807, 2.05) is 4.90 Å². The van der Waals surface area contributed by atoms with Crippen LogP contribution >= 0.6 is 11.8 Å². The van der Waals surface area contributed by atoms with Crippen molar-refractivity contribution in [1.82, 2.24) is 10.2 Å². The number of hydrogen-bond acceptors (Lipinski definition) is 7. The van der Waals surface area contributed by atoms with Crippen LogP contribution < -0.4 is 11.1 Å². The second kappa shape index (κ2) is 8.20. The van der Waals surface area contributed by atoms with E-state index >= 15 is 0 Å². The van der Waals surface area contributed by atoms with Crippen molar-refractivity contribution in [1.29, 1.82) is 5.26 Å². The summed E-state index contributed by atoms with van der Waals surface area (Å²) in [4.78, 5) is 28.0. The molecule has 1 aromatic rings. The summed E-state index contributed by atoms with van der Waals surface area (Å²) in [5.41, 5.74) is 4.52. The van der Waals surface area contributed by atoms with Crippen molar-refractivity contribution in [3.05, 3.63) is 35.4 Å². The molecule has 6 nitrogen and oxygen atoms in total. The number of halogens is 3. The molecule has 0 aliphatic carbocycles. The molecule has 3 aliphatic heterocycles. The summed E-state index contributed by atoms with van der Waals surface area (Å²) in [5.74, 6) is 0.195. The van der Waals surface area contributed by atoms with E-state index in [1.54, 1.807) is 0 Å². The van der Waals surface area contributed by atoms with Gasteiger partial charge in [-0.2, -0.15) is 18.4 Å². The van der Waals surface area contributed by atoms with E-state index in [9.17, 15) is 28.0 Å². The molecule has 3 N–H and O–H groups in total. The van der Waals surface area contributed by atoms with Crippen molar-refractivity contribution in [3.63, 3.8) is 0 Å². The summed E-state index contributed by atoms with van der Waals surface area (Å²) in [6, 6.07) is 5.18. The quantitative estimate of drug-likeness (QED) is 0.660. The Bertz CT molecular complexity index is 895. The number of Topliss-reactive ketones (excluding diaryl/α,β-unsaturated/α-hetero) is 2. The minimum absolute atomic E-state index is 0.0173. The van der Waals surface area contributed by atoms with Crippen molar-refractivity contribution >= 4 is 23.3 Å². The summed E-state index contributed by atoms with van der Waals surface area (Å²) >= 11 is 1.48. The molecule has 3 fully saturated rings. The highest BCUT2D eigenvalue weighted by Gasteiger charge is 2.51. The number of rotatable bonds is 5. The van der Waals surface area contributed by atoms with Gasteiger partial charge in [0.15, 0.2) is 17.1 Å². The number of nitrogens with zero attached hydrogens (tertiary/aromatic N) is 2. The van der Waals surface area contributed by atoms with Gasteiger partial charge < -0.3 is 5.73 Å². The number of hydrogen-bond donors (Lipinski definition) is 2. The maximum absolute atomic E-state index is 13.1. The predicted octanol–water partition coefficient (Wildman–Crippen LogP) is 2.05. The van der Waals surface area contributed by atoms with Gasteiger partial charge in [0, 0.05) is 23.7 Å². The maximum atomic E-state index is 13.1. The Labute approximate surface area is 182 Å². The lowest BCUT2D eigenvalue weighted by Gasteiger charge is -2.39. The van der Waals surface area contributed by atoms with Gasteiger partial charge in [-0.3, -0.25) is 19.8 Å². The zero-order chi connectivity index (χ0) is 22.4. The third-order valence-electron chi connectivity index (χ3n) is 6.68. The average Bonchev–Trinajstić information content (AvgIpc) is 3.34. The SMILES string of the molecule is N#C[C@]1(C(=O)[C@@H](N)[C@H]2C[C@H]3CCN(C2)[C@@H]3C(=O)c2ccc(C(F)(F)F)cc2)CSCN1. The number of alkyl halides is 3. The summed E-state index contributed by atoms with van der Waals surface area (Å²) in [6.07, 6.45) is -3.10. The molecule has 3 saturated heterocycles. The number of benzene rings is 1. The molecule has 3 heterocycles. The molecule has 0 radical (unpaired) electrons. The minimum atomic E-state index is -4.45. The average molecular weight is 453 g/mol. The fraction of sp³-hybridized carbons (Fsp3) is 0.571. The molecule has 2 bridgehead atoms. The Morgan fingerprint density at radius 2 is 2.03 bits per heavy atom. The number of carbonyl (C=O) groups is 2. The molecular weight excluding hydrogens is 429 g/mol. The number of carbonyl (C=O) groups excluding carboxylic acids is 2. The molecular formula is C21H23F3N4O2S. The van der Waals surface area contributed by atoms with Crippen LogP contribution in [-0.2, 0) is 11.0 Å². The Balaban J connectivity index is 1.46. The number of thioether (sulfide) groups is 1. The van der Waals surface area contributed by atoms with Crippen LogP contribution in [-0.4, -0.2) is 58.8 Å². The first kappa shape index (κ1) is 22.3. The van der Waals surface area contributed by atoms with Gasteiger partial charge in [0.2, 0.25) is 0 Å². The lowest BCUT2D eigenvalue weighted by molar-refractivity contribution is -0.137. The third-order valence-corrected chi connectivity index (χ3v) is 7.67. The second-order valence-corrected chi connectivity index (χ2v) is 9.49. The molecule has 0 amide bonds. The molecule has 0 spiro atoms. The van der Waals surface area contributed by atoms with E-state index in [0.29, 0.717) is 31.1 Å². The first-order valence-corrected chi connectivity index (χ1v) is 11.3. The van der Waals surface area contributed by atoms with Crippen molar-refractivity contribution in [3.8, 4) is 6.07 Å². The highest BCUT2D eigenvalue weighted by molar-refractivity contribution is 7.99. The zero-order valence-electron chi connectivity index (χ0n) is 16.7. The fourth-order valence-corrected chi connectivity index (χ4v) is 6.06. The van der Waals surface area contributed by atoms with Crippen LogP contribution in [0.2, 0.25) is 0 Å². The van der Waals surface area contributed by atoms with E-state index in [1.165, 1.54) is 23.9 Å². The summed E-state index contributed by atoms with van der Waals surface area (Å²) in [7, 11) is 0. The largest absolute Gasteiger partial charge is 0.416 e. The zero-order valence-corrected chi connectivity index (χ0v) is 17.5. The molecule has 31 heavy (non-hydrogen) atoms. The monoisotopic (exact) mass is 452 g/mol. The van der Waals surface area contributed by atoms with Crippen LogP contribution in [0.5, 0.6) is 0 Å². The van der Waals surface area contributed by atoms with Crippen LogP contribution in [0.4, 0.5) is 13.2 Å². The van der Waals surface area contributed by atoms with Crippen LogP contribution in [0.3, 0.4) is 0 Å². The van der Waals surface area contributed by atoms with Gasteiger partial charge >= 0.3 is 6.18 Å². The van der Waals surface area contributed by atoms with Gasteiger partial charge in [0.05, 0.1) is 23.7 Å². The maximum Gasteiger partial charge on any atom is 0.416 e. The predicted molar refractivity (Wildman–Crippen MR) is 109 cm³/mol. The molecule has 4 rings (SSSR count). The van der Waals surface area contributed by atoms with Gasteiger partial charge in [-0.05, 0) is 43.4 Å². The topological polar surface area (TPSA) is 99.2 Å². The summed E-state index contributed by atoms with van der Waals surface area (Å²) in [5, 5.41) is 12.5. The molecule has 3 aliphatic rings. The summed E-state index contributed by atoms with van der Waals surface area (Å²) < 4.78 is 38.4. The Kier molecular flexibility index (Phi) is 5.89. The Morgan fingerprint density at radius 3 is 2.58 bits per heavy atom. The smallest absolute Gasteiger partial charge is 0.321 e. The van der Waals surface area contributed by atoms with Crippen molar-refractivity contribution in [2.75, 3.05) is 24.7 Å². The Morgan fingerprint density at radius 1 is 1.32 bits per heavy atom. The standard InChI is InChI=1S/C21H23F3N4O2S/c22-21(23,24)15-3-1-12(2-4-15)18(29)17-13-5-6-28(17)8-14(7-13)16(26)19(30)20(9-25)10-31-11-27-20/h1-4,13-14,16-17,27H,5-8,10-11,26H2/t13-,14+,16+,17+,20-/m1/s1. The normalized spacial score (nSPS) is 33.6. The number of nitrogens with one attached hydrogen (secondary N) is 1. The second-order valence-electron chi connectivity index (χ2n) is 8.50. The van der Waals surface area contributed by atoms with Crippen LogP contribution in [0.15, 0.2) is 24.3 Å². The van der Waals surface area contributed by atoms with Crippen molar-refractivity contribution in [2.24, 2.45) is 17.6 Å². The first-order chi connectivity index (χ1) is 14.7. The van der Waals surface area contributed by atoms with Crippen LogP contribution in [0.25, 0.3) is 0 Å². The molecule has 166 valence electrons. The number of nitriles is 1. The highest BCUT2D eigenvalue weighted by atomic mass is 32.2. The third kappa shape index (κ3) is 4.00. The Hall–Kier alpha value is -1.93. The fourth-order valence-electron chi connectivity index (χ4n) is 4.99. The molecule has 6 atom stereocenters. The molecule has 0 saturated carbocycles. The minimum Gasteiger partial charge on any atom is -0.321 e. The first-order valence-electron chi connectivity index (χ1n) is 10.2.